The Morgan fingerprint density at radius 2 is 2.12 bits per heavy atom. The highest BCUT2D eigenvalue weighted by Crippen LogP contribution is 2.19. The molecule has 0 unspecified atom stereocenters. The summed E-state index contributed by atoms with van der Waals surface area (Å²) >= 11 is 1.39. The van der Waals surface area contributed by atoms with Crippen LogP contribution in [0.3, 0.4) is 0 Å². The van der Waals surface area contributed by atoms with E-state index in [4.69, 9.17) is 10.5 Å². The lowest BCUT2D eigenvalue weighted by Crippen LogP contribution is -2.23. The Hall–Kier alpha value is -1.63. The standard InChI is InChI=1S/C17H23N3O2S.ClH/c1-12(2)7-8-22-15-6-4-3-5-13(15)10-19-17(21)14-11-23-16(9-18)20-14;/h3-6,11-12H,7-10,18H2,1-2H3,(H,19,21);1H. The van der Waals surface area contributed by atoms with Crippen molar-refractivity contribution in [2.24, 2.45) is 11.7 Å². The van der Waals surface area contributed by atoms with E-state index in [0.717, 1.165) is 22.7 Å². The van der Waals surface area contributed by atoms with Crippen LogP contribution in [0.2, 0.25) is 0 Å². The van der Waals surface area contributed by atoms with Crippen molar-refractivity contribution in [2.45, 2.75) is 33.4 Å². The quantitative estimate of drug-likeness (QED) is 0.747. The Balaban J connectivity index is 0.00000288. The Labute approximate surface area is 153 Å². The molecule has 0 saturated heterocycles. The van der Waals surface area contributed by atoms with Crippen molar-refractivity contribution in [1.82, 2.24) is 10.3 Å². The van der Waals surface area contributed by atoms with Gasteiger partial charge in [0.25, 0.3) is 5.91 Å². The summed E-state index contributed by atoms with van der Waals surface area (Å²) in [7, 11) is 0. The van der Waals surface area contributed by atoms with Gasteiger partial charge in [-0.05, 0) is 18.4 Å². The SMILES string of the molecule is CC(C)CCOc1ccccc1CNC(=O)c1csc(CN)n1.Cl. The van der Waals surface area contributed by atoms with E-state index < -0.39 is 0 Å². The van der Waals surface area contributed by atoms with Crippen molar-refractivity contribution in [3.8, 4) is 5.75 Å². The number of nitrogens with zero attached hydrogens (tertiary/aromatic N) is 1. The summed E-state index contributed by atoms with van der Waals surface area (Å²) in [6.07, 6.45) is 1.00. The topological polar surface area (TPSA) is 77.2 Å². The molecule has 132 valence electrons. The highest BCUT2D eigenvalue weighted by atomic mass is 35.5. The molecule has 0 spiro atoms. The van der Waals surface area contributed by atoms with Crippen LogP contribution in [0, 0.1) is 5.92 Å². The van der Waals surface area contributed by atoms with Crippen LogP contribution in [-0.2, 0) is 13.1 Å². The molecule has 3 N–H and O–H groups in total. The van der Waals surface area contributed by atoms with E-state index in [2.05, 4.69) is 24.1 Å². The zero-order chi connectivity index (χ0) is 16.7. The summed E-state index contributed by atoms with van der Waals surface area (Å²) in [4.78, 5) is 16.3. The van der Waals surface area contributed by atoms with Crippen molar-refractivity contribution in [3.63, 3.8) is 0 Å². The molecule has 0 aliphatic carbocycles. The van der Waals surface area contributed by atoms with Gasteiger partial charge in [-0.3, -0.25) is 4.79 Å². The number of amides is 1. The summed E-state index contributed by atoms with van der Waals surface area (Å²) in [6, 6.07) is 7.75. The first-order valence-electron chi connectivity index (χ1n) is 7.73. The second-order valence-corrected chi connectivity index (χ2v) is 6.59. The predicted molar refractivity (Wildman–Crippen MR) is 99.8 cm³/mol. The maximum absolute atomic E-state index is 12.1. The average molecular weight is 370 g/mol. The minimum Gasteiger partial charge on any atom is -0.493 e. The minimum atomic E-state index is -0.196. The Kier molecular flexibility index (Phi) is 8.74. The molecule has 2 aromatic rings. The Morgan fingerprint density at radius 3 is 2.79 bits per heavy atom. The molecule has 2 rings (SSSR count). The van der Waals surface area contributed by atoms with Crippen LogP contribution in [0.1, 0.15) is 41.3 Å². The van der Waals surface area contributed by atoms with E-state index in [9.17, 15) is 4.79 Å². The van der Waals surface area contributed by atoms with E-state index >= 15 is 0 Å². The van der Waals surface area contributed by atoms with Crippen molar-refractivity contribution in [2.75, 3.05) is 6.61 Å². The number of hydrogen-bond acceptors (Lipinski definition) is 5. The number of nitrogens with one attached hydrogen (secondary N) is 1. The van der Waals surface area contributed by atoms with Gasteiger partial charge in [-0.25, -0.2) is 4.98 Å². The molecular formula is C17H24ClN3O2S. The van der Waals surface area contributed by atoms with Crippen molar-refractivity contribution < 1.29 is 9.53 Å². The number of aromatic nitrogens is 1. The van der Waals surface area contributed by atoms with Gasteiger partial charge in [-0.1, -0.05) is 32.0 Å². The van der Waals surface area contributed by atoms with Crippen LogP contribution >= 0.6 is 23.7 Å². The van der Waals surface area contributed by atoms with Crippen LogP contribution < -0.4 is 15.8 Å². The maximum Gasteiger partial charge on any atom is 0.271 e. The van der Waals surface area contributed by atoms with Crippen molar-refractivity contribution in [1.29, 1.82) is 0 Å². The van der Waals surface area contributed by atoms with E-state index in [-0.39, 0.29) is 18.3 Å². The van der Waals surface area contributed by atoms with E-state index in [1.165, 1.54) is 11.3 Å². The first-order chi connectivity index (χ1) is 11.1. The van der Waals surface area contributed by atoms with Crippen LogP contribution in [0.15, 0.2) is 29.6 Å². The van der Waals surface area contributed by atoms with Crippen molar-refractivity contribution in [3.05, 3.63) is 45.9 Å². The molecule has 1 amide bonds. The monoisotopic (exact) mass is 369 g/mol. The van der Waals surface area contributed by atoms with Gasteiger partial charge >= 0.3 is 0 Å². The molecule has 7 heteroatoms. The third kappa shape index (κ3) is 6.11. The zero-order valence-corrected chi connectivity index (χ0v) is 15.6. The zero-order valence-electron chi connectivity index (χ0n) is 14.0. The number of benzene rings is 1. The number of nitrogens with two attached hydrogens (primary N) is 1. The third-order valence-corrected chi connectivity index (χ3v) is 4.19. The average Bonchev–Trinajstić information content (AvgIpc) is 3.02. The lowest BCUT2D eigenvalue weighted by Gasteiger charge is -2.12. The second kappa shape index (κ2) is 10.3. The third-order valence-electron chi connectivity index (χ3n) is 3.32. The summed E-state index contributed by atoms with van der Waals surface area (Å²) < 4.78 is 5.83. The predicted octanol–water partition coefficient (Wildman–Crippen LogP) is 3.38. The van der Waals surface area contributed by atoms with Gasteiger partial charge in [-0.15, -0.1) is 23.7 Å². The lowest BCUT2D eigenvalue weighted by atomic mass is 10.1. The molecule has 24 heavy (non-hydrogen) atoms. The van der Waals surface area contributed by atoms with Gasteiger partial charge in [0.15, 0.2) is 0 Å². The van der Waals surface area contributed by atoms with Crippen LogP contribution in [0.25, 0.3) is 0 Å². The molecule has 0 radical (unpaired) electrons. The van der Waals surface area contributed by atoms with E-state index in [1.54, 1.807) is 5.38 Å². The number of ether oxygens (including phenoxy) is 1. The fraction of sp³-hybridized carbons (Fsp3) is 0.412. The molecule has 0 aliphatic heterocycles. The molecule has 0 aliphatic rings. The normalized spacial score (nSPS) is 10.3. The van der Waals surface area contributed by atoms with Crippen LogP contribution in [-0.4, -0.2) is 17.5 Å². The van der Waals surface area contributed by atoms with Crippen molar-refractivity contribution >= 4 is 29.7 Å². The number of halogens is 1. The molecule has 0 saturated carbocycles. The second-order valence-electron chi connectivity index (χ2n) is 5.65. The van der Waals surface area contributed by atoms with Gasteiger partial charge in [0, 0.05) is 24.0 Å². The Bertz CT molecular complexity index is 646. The van der Waals surface area contributed by atoms with Crippen LogP contribution in [0.4, 0.5) is 0 Å². The molecule has 0 atom stereocenters. The number of hydrogen-bond donors (Lipinski definition) is 2. The first kappa shape index (κ1) is 20.4. The summed E-state index contributed by atoms with van der Waals surface area (Å²) in [5.74, 6) is 1.22. The number of rotatable bonds is 8. The summed E-state index contributed by atoms with van der Waals surface area (Å²) in [5.41, 5.74) is 6.88. The molecule has 1 aromatic carbocycles. The number of thiazole rings is 1. The molecular weight excluding hydrogens is 346 g/mol. The van der Waals surface area contributed by atoms with E-state index in [1.807, 2.05) is 24.3 Å². The van der Waals surface area contributed by atoms with Gasteiger partial charge < -0.3 is 15.8 Å². The maximum atomic E-state index is 12.1. The van der Waals surface area contributed by atoms with Crippen LogP contribution in [0.5, 0.6) is 5.75 Å². The van der Waals surface area contributed by atoms with Gasteiger partial charge in [0.05, 0.1) is 6.61 Å². The van der Waals surface area contributed by atoms with Gasteiger partial charge in [0.1, 0.15) is 16.5 Å². The summed E-state index contributed by atoms with van der Waals surface area (Å²) in [6.45, 7) is 5.77. The Morgan fingerprint density at radius 1 is 1.38 bits per heavy atom. The molecule has 5 nitrogen and oxygen atoms in total. The number of para-hydroxylation sites is 1. The largest absolute Gasteiger partial charge is 0.493 e. The highest BCUT2D eigenvalue weighted by molar-refractivity contribution is 7.09. The molecule has 0 fully saturated rings. The lowest BCUT2D eigenvalue weighted by molar-refractivity contribution is 0.0946. The molecule has 0 bridgehead atoms. The number of carbonyl (C=O) groups excluding carboxylic acids is 1. The molecule has 1 aromatic heterocycles. The molecule has 1 heterocycles. The van der Waals surface area contributed by atoms with E-state index in [0.29, 0.717) is 31.3 Å². The highest BCUT2D eigenvalue weighted by Gasteiger charge is 2.11. The minimum absolute atomic E-state index is 0. The van der Waals surface area contributed by atoms with Gasteiger partial charge in [0.2, 0.25) is 0 Å². The van der Waals surface area contributed by atoms with Gasteiger partial charge in [-0.2, -0.15) is 0 Å². The smallest absolute Gasteiger partial charge is 0.271 e. The first-order valence-corrected chi connectivity index (χ1v) is 8.61. The number of carbonyl (C=O) groups is 1. The fourth-order valence-corrected chi connectivity index (χ4v) is 2.62. The fourth-order valence-electron chi connectivity index (χ4n) is 1.97. The summed E-state index contributed by atoms with van der Waals surface area (Å²) in [5, 5.41) is 5.36.